The Balaban J connectivity index is 1.85. The molecule has 1 aromatic carbocycles. The summed E-state index contributed by atoms with van der Waals surface area (Å²) < 4.78 is 0. The van der Waals surface area contributed by atoms with Gasteiger partial charge in [-0.3, -0.25) is 0 Å². The third kappa shape index (κ3) is 6.71. The molecule has 0 aromatic heterocycles. The first kappa shape index (κ1) is 20.9. The summed E-state index contributed by atoms with van der Waals surface area (Å²) in [5.74, 6) is -0.0624. The summed E-state index contributed by atoms with van der Waals surface area (Å²) in [6, 6.07) is 10.1. The van der Waals surface area contributed by atoms with Gasteiger partial charge in [-0.05, 0) is 37.2 Å². The third-order valence-corrected chi connectivity index (χ3v) is 5.34. The van der Waals surface area contributed by atoms with Gasteiger partial charge in [0.25, 0.3) is 0 Å². The first-order chi connectivity index (χ1) is 12.6. The molecule has 1 aliphatic rings. The van der Waals surface area contributed by atoms with Crippen molar-refractivity contribution in [3.8, 4) is 0 Å². The van der Waals surface area contributed by atoms with Gasteiger partial charge in [0.15, 0.2) is 0 Å². The molecule has 0 bridgehead atoms. The second-order valence-electron chi connectivity index (χ2n) is 7.44. The lowest BCUT2D eigenvalue weighted by Crippen LogP contribution is -2.20. The zero-order valence-corrected chi connectivity index (χ0v) is 15.9. The summed E-state index contributed by atoms with van der Waals surface area (Å²) in [5, 5.41) is 30.8. The number of aliphatic hydroxyl groups is 3. The predicted molar refractivity (Wildman–Crippen MR) is 107 cm³/mol. The Hall–Kier alpha value is -1.42. The second-order valence-corrected chi connectivity index (χ2v) is 7.44. The molecule has 0 heterocycles. The molecule has 0 spiro atoms. The molecule has 5 atom stereocenters. The fourth-order valence-electron chi connectivity index (χ4n) is 3.71. The van der Waals surface area contributed by atoms with Gasteiger partial charge in [0.1, 0.15) is 0 Å². The van der Waals surface area contributed by atoms with Crippen molar-refractivity contribution in [3.63, 3.8) is 0 Å². The monoisotopic (exact) mass is 358 g/mol. The maximum absolute atomic E-state index is 10.3. The highest BCUT2D eigenvalue weighted by atomic mass is 16.3. The van der Waals surface area contributed by atoms with E-state index in [9.17, 15) is 15.3 Å². The Bertz CT molecular complexity index is 552. The van der Waals surface area contributed by atoms with Crippen molar-refractivity contribution in [2.45, 2.75) is 70.2 Å². The van der Waals surface area contributed by atoms with Crippen LogP contribution in [0.3, 0.4) is 0 Å². The smallest absolute Gasteiger partial charge is 0.0724 e. The summed E-state index contributed by atoms with van der Waals surface area (Å²) in [6.45, 7) is 2.18. The topological polar surface area (TPSA) is 60.7 Å². The number of rotatable bonds is 10. The zero-order valence-electron chi connectivity index (χ0n) is 15.9. The maximum Gasteiger partial charge on any atom is 0.0724 e. The van der Waals surface area contributed by atoms with E-state index in [4.69, 9.17) is 0 Å². The highest BCUT2D eigenvalue weighted by Crippen LogP contribution is 2.36. The molecule has 3 N–H and O–H groups in total. The van der Waals surface area contributed by atoms with E-state index in [1.165, 1.54) is 18.4 Å². The summed E-state index contributed by atoms with van der Waals surface area (Å²) in [6.07, 6.45) is 12.6. The van der Waals surface area contributed by atoms with E-state index in [0.717, 1.165) is 19.3 Å². The number of allylic oxidation sites excluding steroid dienone is 2. The standard InChI is InChI=1S/C23H34O3/c1-2-3-4-5-9-12-20-21(23(26)17-22(20)25)16-15-19(24)14-13-18-10-7-6-8-11-18/h5-11,15-16,19-26H,2-4,12-14,17H2,1H3/b9-5-,16-15+. The minimum Gasteiger partial charge on any atom is -0.393 e. The van der Waals surface area contributed by atoms with Crippen LogP contribution in [0.25, 0.3) is 0 Å². The minimum absolute atomic E-state index is 0.0282. The van der Waals surface area contributed by atoms with Crippen LogP contribution < -0.4 is 0 Å². The fourth-order valence-corrected chi connectivity index (χ4v) is 3.71. The fraction of sp³-hybridized carbons (Fsp3) is 0.565. The van der Waals surface area contributed by atoms with Crippen LogP contribution in [0.4, 0.5) is 0 Å². The van der Waals surface area contributed by atoms with Gasteiger partial charge >= 0.3 is 0 Å². The number of hydrogen-bond donors (Lipinski definition) is 3. The molecule has 144 valence electrons. The van der Waals surface area contributed by atoms with Gasteiger partial charge in [0.2, 0.25) is 0 Å². The Morgan fingerprint density at radius 3 is 2.62 bits per heavy atom. The van der Waals surface area contributed by atoms with Crippen LogP contribution in [0, 0.1) is 11.8 Å². The van der Waals surface area contributed by atoms with Crippen LogP contribution in [0.2, 0.25) is 0 Å². The molecule has 0 aliphatic heterocycles. The van der Waals surface area contributed by atoms with Crippen molar-refractivity contribution in [2.75, 3.05) is 0 Å². The highest BCUT2D eigenvalue weighted by Gasteiger charge is 2.39. The molecule has 0 amide bonds. The predicted octanol–water partition coefficient (Wildman–Crippen LogP) is 4.03. The van der Waals surface area contributed by atoms with Crippen LogP contribution in [-0.2, 0) is 6.42 Å². The van der Waals surface area contributed by atoms with Crippen molar-refractivity contribution in [1.29, 1.82) is 0 Å². The molecular formula is C23H34O3. The van der Waals surface area contributed by atoms with E-state index in [-0.39, 0.29) is 11.8 Å². The van der Waals surface area contributed by atoms with Crippen molar-refractivity contribution in [1.82, 2.24) is 0 Å². The van der Waals surface area contributed by atoms with Crippen molar-refractivity contribution >= 4 is 0 Å². The number of aliphatic hydroxyl groups excluding tert-OH is 3. The van der Waals surface area contributed by atoms with Crippen molar-refractivity contribution in [3.05, 3.63) is 60.2 Å². The molecule has 5 unspecified atom stereocenters. The summed E-state index contributed by atoms with van der Waals surface area (Å²) in [4.78, 5) is 0. The lowest BCUT2D eigenvalue weighted by atomic mass is 9.89. The maximum atomic E-state index is 10.3. The van der Waals surface area contributed by atoms with Crippen molar-refractivity contribution in [2.24, 2.45) is 11.8 Å². The van der Waals surface area contributed by atoms with Gasteiger partial charge in [0.05, 0.1) is 18.3 Å². The molecule has 3 heteroatoms. The average Bonchev–Trinajstić information content (AvgIpc) is 2.91. The van der Waals surface area contributed by atoms with Gasteiger partial charge in [0, 0.05) is 12.3 Å². The van der Waals surface area contributed by atoms with Crippen LogP contribution in [0.15, 0.2) is 54.6 Å². The number of unbranched alkanes of at least 4 members (excludes halogenated alkanes) is 2. The van der Waals surface area contributed by atoms with E-state index in [1.807, 2.05) is 24.3 Å². The molecule has 1 fully saturated rings. The largest absolute Gasteiger partial charge is 0.393 e. The summed E-state index contributed by atoms with van der Waals surface area (Å²) >= 11 is 0. The number of hydrogen-bond acceptors (Lipinski definition) is 3. The quantitative estimate of drug-likeness (QED) is 0.437. The normalized spacial score (nSPS) is 27.5. The Morgan fingerprint density at radius 1 is 1.12 bits per heavy atom. The number of aryl methyl sites for hydroxylation is 1. The SMILES string of the molecule is CCCC/C=C\CC1C(O)CC(O)C1/C=C/C(O)CCc1ccccc1. The van der Waals surface area contributed by atoms with Gasteiger partial charge in [-0.2, -0.15) is 0 Å². The molecule has 1 aliphatic carbocycles. The van der Waals surface area contributed by atoms with Gasteiger partial charge in [-0.1, -0.05) is 74.4 Å². The lowest BCUT2D eigenvalue weighted by molar-refractivity contribution is 0.120. The van der Waals surface area contributed by atoms with E-state index in [1.54, 1.807) is 6.08 Å². The van der Waals surface area contributed by atoms with Gasteiger partial charge < -0.3 is 15.3 Å². The Labute approximate surface area is 158 Å². The molecular weight excluding hydrogens is 324 g/mol. The molecule has 1 aromatic rings. The van der Waals surface area contributed by atoms with E-state index < -0.39 is 18.3 Å². The van der Waals surface area contributed by atoms with Crippen LogP contribution >= 0.6 is 0 Å². The van der Waals surface area contributed by atoms with Crippen molar-refractivity contribution < 1.29 is 15.3 Å². The van der Waals surface area contributed by atoms with Gasteiger partial charge in [-0.15, -0.1) is 0 Å². The second kappa shape index (κ2) is 11.3. The molecule has 0 radical (unpaired) electrons. The molecule has 0 saturated heterocycles. The minimum atomic E-state index is -0.531. The molecule has 3 nitrogen and oxygen atoms in total. The van der Waals surface area contributed by atoms with Crippen LogP contribution in [0.1, 0.15) is 51.0 Å². The summed E-state index contributed by atoms with van der Waals surface area (Å²) in [5.41, 5.74) is 1.21. The van der Waals surface area contributed by atoms with E-state index in [0.29, 0.717) is 12.8 Å². The van der Waals surface area contributed by atoms with Crippen LogP contribution in [-0.4, -0.2) is 33.6 Å². The Kier molecular flexibility index (Phi) is 9.10. The third-order valence-electron chi connectivity index (χ3n) is 5.34. The number of benzene rings is 1. The zero-order chi connectivity index (χ0) is 18.8. The van der Waals surface area contributed by atoms with Gasteiger partial charge in [-0.25, -0.2) is 0 Å². The molecule has 1 saturated carbocycles. The van der Waals surface area contributed by atoms with Crippen LogP contribution in [0.5, 0.6) is 0 Å². The molecule has 26 heavy (non-hydrogen) atoms. The Morgan fingerprint density at radius 2 is 1.88 bits per heavy atom. The molecule has 2 rings (SSSR count). The highest BCUT2D eigenvalue weighted by molar-refractivity contribution is 5.15. The average molecular weight is 359 g/mol. The first-order valence-corrected chi connectivity index (χ1v) is 10.0. The van der Waals surface area contributed by atoms with E-state index in [2.05, 4.69) is 31.2 Å². The first-order valence-electron chi connectivity index (χ1n) is 10.0. The van der Waals surface area contributed by atoms with E-state index >= 15 is 0 Å². The lowest BCUT2D eigenvalue weighted by Gasteiger charge is -2.19. The summed E-state index contributed by atoms with van der Waals surface area (Å²) in [7, 11) is 0.